The molecule has 0 aliphatic heterocycles. The van der Waals surface area contributed by atoms with Crippen molar-refractivity contribution in [1.29, 1.82) is 0 Å². The number of ether oxygens (including phenoxy) is 1. The predicted molar refractivity (Wildman–Crippen MR) is 80.1 cm³/mol. The SMILES string of the molecule is CC[C@@](C)(NC(=O)[C@H](C)NC(=O)c1cccs1)C(=O)OC. The number of carbonyl (C=O) groups is 3. The highest BCUT2D eigenvalue weighted by molar-refractivity contribution is 7.12. The Hall–Kier alpha value is -1.89. The van der Waals surface area contributed by atoms with Gasteiger partial charge in [0.1, 0.15) is 11.6 Å². The second kappa shape index (κ2) is 7.21. The third-order valence-corrected chi connectivity index (χ3v) is 4.10. The molecule has 0 spiro atoms. The van der Waals surface area contributed by atoms with Crippen molar-refractivity contribution < 1.29 is 19.1 Å². The Morgan fingerprint density at radius 3 is 2.57 bits per heavy atom. The molecule has 2 amide bonds. The number of methoxy groups -OCH3 is 1. The summed E-state index contributed by atoms with van der Waals surface area (Å²) in [6.45, 7) is 4.92. The van der Waals surface area contributed by atoms with Crippen LogP contribution in [0, 0.1) is 0 Å². The van der Waals surface area contributed by atoms with Gasteiger partial charge in [-0.25, -0.2) is 4.79 Å². The smallest absolute Gasteiger partial charge is 0.331 e. The highest BCUT2D eigenvalue weighted by Gasteiger charge is 2.35. The fraction of sp³-hybridized carbons (Fsp3) is 0.500. The van der Waals surface area contributed by atoms with Crippen molar-refractivity contribution >= 4 is 29.1 Å². The van der Waals surface area contributed by atoms with E-state index in [4.69, 9.17) is 0 Å². The van der Waals surface area contributed by atoms with Crippen LogP contribution in [0.2, 0.25) is 0 Å². The molecule has 0 unspecified atom stereocenters. The molecule has 0 aromatic carbocycles. The molecule has 1 rings (SSSR count). The first-order valence-corrected chi connectivity index (χ1v) is 7.46. The summed E-state index contributed by atoms with van der Waals surface area (Å²) in [5.41, 5.74) is -1.10. The Balaban J connectivity index is 2.66. The van der Waals surface area contributed by atoms with Crippen LogP contribution in [0.5, 0.6) is 0 Å². The minimum atomic E-state index is -1.10. The topological polar surface area (TPSA) is 84.5 Å². The predicted octanol–water partition coefficient (Wildman–Crippen LogP) is 1.32. The second-order valence-electron chi connectivity index (χ2n) is 4.84. The Labute approximate surface area is 127 Å². The molecule has 2 atom stereocenters. The lowest BCUT2D eigenvalue weighted by molar-refractivity contribution is -0.150. The van der Waals surface area contributed by atoms with Gasteiger partial charge in [0.15, 0.2) is 0 Å². The molecule has 0 radical (unpaired) electrons. The van der Waals surface area contributed by atoms with Crippen molar-refractivity contribution in [3.8, 4) is 0 Å². The third-order valence-electron chi connectivity index (χ3n) is 3.23. The number of esters is 1. The van der Waals surface area contributed by atoms with Crippen molar-refractivity contribution in [2.24, 2.45) is 0 Å². The van der Waals surface area contributed by atoms with Gasteiger partial charge in [0.2, 0.25) is 5.91 Å². The van der Waals surface area contributed by atoms with E-state index >= 15 is 0 Å². The molecule has 116 valence electrons. The van der Waals surface area contributed by atoms with Crippen molar-refractivity contribution in [1.82, 2.24) is 10.6 Å². The number of carbonyl (C=O) groups excluding carboxylic acids is 3. The van der Waals surface area contributed by atoms with Gasteiger partial charge in [-0.1, -0.05) is 13.0 Å². The van der Waals surface area contributed by atoms with Gasteiger partial charge in [0, 0.05) is 0 Å². The van der Waals surface area contributed by atoms with Crippen LogP contribution in [-0.4, -0.2) is 36.5 Å². The molecule has 0 aliphatic rings. The third kappa shape index (κ3) is 4.29. The van der Waals surface area contributed by atoms with E-state index < -0.39 is 23.5 Å². The Bertz CT molecular complexity index is 515. The van der Waals surface area contributed by atoms with Crippen LogP contribution >= 0.6 is 11.3 Å². The van der Waals surface area contributed by atoms with E-state index in [-0.39, 0.29) is 5.91 Å². The van der Waals surface area contributed by atoms with Gasteiger partial charge in [0.25, 0.3) is 5.91 Å². The first kappa shape index (κ1) is 17.2. The summed E-state index contributed by atoms with van der Waals surface area (Å²) < 4.78 is 4.69. The van der Waals surface area contributed by atoms with Gasteiger partial charge in [-0.3, -0.25) is 9.59 Å². The summed E-state index contributed by atoms with van der Waals surface area (Å²) in [5, 5.41) is 7.00. The zero-order valence-corrected chi connectivity index (χ0v) is 13.4. The summed E-state index contributed by atoms with van der Waals surface area (Å²) >= 11 is 1.29. The molecule has 6 nitrogen and oxygen atoms in total. The maximum absolute atomic E-state index is 12.1. The largest absolute Gasteiger partial charge is 0.467 e. The number of thiophene rings is 1. The molecule has 0 aliphatic carbocycles. The van der Waals surface area contributed by atoms with Crippen molar-refractivity contribution in [2.75, 3.05) is 7.11 Å². The average molecular weight is 312 g/mol. The first-order valence-electron chi connectivity index (χ1n) is 6.59. The van der Waals surface area contributed by atoms with Gasteiger partial charge >= 0.3 is 5.97 Å². The fourth-order valence-electron chi connectivity index (χ4n) is 1.63. The molecule has 1 heterocycles. The molecule has 1 aromatic rings. The van der Waals surface area contributed by atoms with E-state index in [1.165, 1.54) is 18.4 Å². The molecule has 21 heavy (non-hydrogen) atoms. The fourth-order valence-corrected chi connectivity index (χ4v) is 2.26. The highest BCUT2D eigenvalue weighted by Crippen LogP contribution is 2.12. The number of hydrogen-bond acceptors (Lipinski definition) is 5. The van der Waals surface area contributed by atoms with Crippen LogP contribution in [-0.2, 0) is 14.3 Å². The summed E-state index contributed by atoms with van der Waals surface area (Å²) in [4.78, 5) is 36.2. The number of hydrogen-bond donors (Lipinski definition) is 2. The molecule has 1 aromatic heterocycles. The Morgan fingerprint density at radius 1 is 1.43 bits per heavy atom. The lowest BCUT2D eigenvalue weighted by Gasteiger charge is -2.28. The first-order chi connectivity index (χ1) is 9.84. The molecular formula is C14H20N2O4S. The van der Waals surface area contributed by atoms with E-state index in [0.717, 1.165) is 0 Å². The van der Waals surface area contributed by atoms with Gasteiger partial charge < -0.3 is 15.4 Å². The number of rotatable bonds is 6. The monoisotopic (exact) mass is 312 g/mol. The van der Waals surface area contributed by atoms with Gasteiger partial charge in [0.05, 0.1) is 12.0 Å². The maximum atomic E-state index is 12.1. The van der Waals surface area contributed by atoms with Crippen LogP contribution in [0.25, 0.3) is 0 Å². The van der Waals surface area contributed by atoms with Crippen molar-refractivity contribution in [2.45, 2.75) is 38.8 Å². The summed E-state index contributed by atoms with van der Waals surface area (Å²) in [7, 11) is 1.27. The minimum absolute atomic E-state index is 0.316. The van der Waals surface area contributed by atoms with E-state index in [1.807, 2.05) is 0 Å². The summed E-state index contributed by atoms with van der Waals surface area (Å²) in [6, 6.07) is 2.68. The van der Waals surface area contributed by atoms with E-state index in [9.17, 15) is 14.4 Å². The molecule has 0 saturated carbocycles. The van der Waals surface area contributed by atoms with Crippen LogP contribution in [0.3, 0.4) is 0 Å². The Morgan fingerprint density at radius 2 is 2.10 bits per heavy atom. The van der Waals surface area contributed by atoms with Crippen molar-refractivity contribution in [3.05, 3.63) is 22.4 Å². The zero-order chi connectivity index (χ0) is 16.0. The van der Waals surface area contributed by atoms with E-state index in [1.54, 1.807) is 38.3 Å². The van der Waals surface area contributed by atoms with Gasteiger partial charge in [-0.15, -0.1) is 11.3 Å². The van der Waals surface area contributed by atoms with Gasteiger partial charge in [-0.2, -0.15) is 0 Å². The van der Waals surface area contributed by atoms with Crippen molar-refractivity contribution in [3.63, 3.8) is 0 Å². The van der Waals surface area contributed by atoms with Crippen LogP contribution in [0.4, 0.5) is 0 Å². The zero-order valence-electron chi connectivity index (χ0n) is 12.6. The quantitative estimate of drug-likeness (QED) is 0.776. The van der Waals surface area contributed by atoms with Gasteiger partial charge in [-0.05, 0) is 31.7 Å². The van der Waals surface area contributed by atoms with Crippen LogP contribution in [0.15, 0.2) is 17.5 Å². The number of amides is 2. The second-order valence-corrected chi connectivity index (χ2v) is 5.79. The number of nitrogens with one attached hydrogen (secondary N) is 2. The molecule has 0 saturated heterocycles. The van der Waals surface area contributed by atoms with Crippen LogP contribution in [0.1, 0.15) is 36.9 Å². The van der Waals surface area contributed by atoms with E-state index in [0.29, 0.717) is 11.3 Å². The molecule has 7 heteroatoms. The van der Waals surface area contributed by atoms with E-state index in [2.05, 4.69) is 15.4 Å². The summed E-state index contributed by atoms with van der Waals surface area (Å²) in [5.74, 6) is -1.27. The summed E-state index contributed by atoms with van der Waals surface area (Å²) in [6.07, 6.45) is 0.386. The molecule has 0 bridgehead atoms. The maximum Gasteiger partial charge on any atom is 0.331 e. The average Bonchev–Trinajstić information content (AvgIpc) is 3.00. The molecule has 2 N–H and O–H groups in total. The lowest BCUT2D eigenvalue weighted by Crippen LogP contribution is -2.57. The normalized spacial score (nSPS) is 14.7. The lowest BCUT2D eigenvalue weighted by atomic mass is 9.98. The molecule has 0 fully saturated rings. The van der Waals surface area contributed by atoms with Crippen LogP contribution < -0.4 is 10.6 Å². The standard InChI is InChI=1S/C14H20N2O4S/c1-5-14(3,13(19)20-4)16-11(17)9(2)15-12(18)10-7-6-8-21-10/h6-9H,5H2,1-4H3,(H,15,18)(H,16,17)/t9-,14+/m0/s1. The Kier molecular flexibility index (Phi) is 5.90. The minimum Gasteiger partial charge on any atom is -0.467 e. The highest BCUT2D eigenvalue weighted by atomic mass is 32.1. The molecular weight excluding hydrogens is 292 g/mol.